The van der Waals surface area contributed by atoms with E-state index in [0.29, 0.717) is 0 Å². The highest BCUT2D eigenvalue weighted by molar-refractivity contribution is 7.79. The third kappa shape index (κ3) is 4.16. The summed E-state index contributed by atoms with van der Waals surface area (Å²) >= 11 is 0. The summed E-state index contributed by atoms with van der Waals surface area (Å²) in [4.78, 5) is 16.0. The quantitative estimate of drug-likeness (QED) is 0.386. The van der Waals surface area contributed by atoms with Crippen LogP contribution in [-0.2, 0) is 0 Å². The molecule has 0 fully saturated rings. The van der Waals surface area contributed by atoms with E-state index >= 15 is 0 Å². The number of aromatic nitrogens is 1. The molecule has 0 unspecified atom stereocenters. The minimum absolute atomic E-state index is 0.0422. The zero-order valence-electron chi connectivity index (χ0n) is 18.6. The Morgan fingerprint density at radius 2 is 1.23 bits per heavy atom. The molecule has 0 saturated carbocycles. The highest BCUT2D eigenvalue weighted by atomic mass is 31.1. The standard InChI is InChI=1S/C27H29N2OP/c1-20(2)28(21(3)4)27(30)29-25-18-12-11-13-22(25)19-26(29)31(23-14-7-5-8-15-23)24-16-9-6-10-17-24/h5-21H,1-4H3. The topological polar surface area (TPSA) is 25.2 Å². The van der Waals surface area contributed by atoms with Gasteiger partial charge >= 0.3 is 6.03 Å². The summed E-state index contributed by atoms with van der Waals surface area (Å²) in [5.41, 5.74) is 2.03. The highest BCUT2D eigenvalue weighted by Crippen LogP contribution is 2.35. The molecule has 4 rings (SSSR count). The lowest BCUT2D eigenvalue weighted by atomic mass is 10.2. The zero-order valence-corrected chi connectivity index (χ0v) is 19.5. The molecule has 0 aliphatic carbocycles. The Bertz CT molecular complexity index is 1120. The van der Waals surface area contributed by atoms with E-state index in [1.54, 1.807) is 0 Å². The molecule has 4 heteroatoms. The molecule has 0 atom stereocenters. The minimum Gasteiger partial charge on any atom is -0.319 e. The Labute approximate surface area is 186 Å². The molecular formula is C27H29N2OP. The predicted octanol–water partition coefficient (Wildman–Crippen LogP) is 5.49. The number of hydrogen-bond acceptors (Lipinski definition) is 1. The fourth-order valence-electron chi connectivity index (χ4n) is 4.23. The maximum absolute atomic E-state index is 14.0. The maximum atomic E-state index is 14.0. The van der Waals surface area contributed by atoms with Gasteiger partial charge in [0.2, 0.25) is 0 Å². The van der Waals surface area contributed by atoms with Gasteiger partial charge in [-0.3, -0.25) is 4.57 Å². The van der Waals surface area contributed by atoms with Crippen molar-refractivity contribution in [2.75, 3.05) is 0 Å². The van der Waals surface area contributed by atoms with Crippen molar-refractivity contribution in [3.05, 3.63) is 91.0 Å². The molecule has 4 aromatic rings. The number of hydrogen-bond donors (Lipinski definition) is 0. The number of benzene rings is 3. The lowest BCUT2D eigenvalue weighted by Crippen LogP contribution is -2.46. The van der Waals surface area contributed by atoms with E-state index < -0.39 is 7.92 Å². The number of nitrogens with zero attached hydrogens (tertiary/aromatic N) is 2. The van der Waals surface area contributed by atoms with Crippen LogP contribution in [0.1, 0.15) is 27.7 Å². The second-order valence-corrected chi connectivity index (χ2v) is 10.4. The highest BCUT2D eigenvalue weighted by Gasteiger charge is 2.29. The number of para-hydroxylation sites is 1. The third-order valence-electron chi connectivity index (χ3n) is 5.47. The fraction of sp³-hybridized carbons (Fsp3) is 0.222. The third-order valence-corrected chi connectivity index (χ3v) is 7.89. The van der Waals surface area contributed by atoms with Crippen LogP contribution in [0, 0.1) is 0 Å². The van der Waals surface area contributed by atoms with Gasteiger partial charge in [-0.15, -0.1) is 0 Å². The molecule has 158 valence electrons. The SMILES string of the molecule is CC(C)N(C(=O)n1c(P(c2ccccc2)c2ccccc2)cc2ccccc21)C(C)C. The second-order valence-electron chi connectivity index (χ2n) is 8.28. The molecular weight excluding hydrogens is 399 g/mol. The lowest BCUT2D eigenvalue weighted by molar-refractivity contribution is 0.168. The van der Waals surface area contributed by atoms with Crippen LogP contribution >= 0.6 is 7.92 Å². The first kappa shape index (κ1) is 21.3. The van der Waals surface area contributed by atoms with Crippen LogP contribution in [0.2, 0.25) is 0 Å². The molecule has 0 radical (unpaired) electrons. The van der Waals surface area contributed by atoms with Crippen LogP contribution in [0.4, 0.5) is 4.79 Å². The van der Waals surface area contributed by atoms with Gasteiger partial charge in [-0.2, -0.15) is 0 Å². The number of carbonyl (C=O) groups excluding carboxylic acids is 1. The largest absolute Gasteiger partial charge is 0.329 e. The molecule has 0 saturated heterocycles. The molecule has 0 spiro atoms. The van der Waals surface area contributed by atoms with Crippen LogP contribution < -0.4 is 16.0 Å². The summed E-state index contributed by atoms with van der Waals surface area (Å²) in [6, 6.07) is 31.8. The first-order valence-electron chi connectivity index (χ1n) is 10.8. The molecule has 1 heterocycles. The van der Waals surface area contributed by atoms with Gasteiger partial charge in [-0.25, -0.2) is 4.79 Å². The monoisotopic (exact) mass is 428 g/mol. The molecule has 3 nitrogen and oxygen atoms in total. The molecule has 0 N–H and O–H groups in total. The van der Waals surface area contributed by atoms with E-state index in [9.17, 15) is 4.79 Å². The smallest absolute Gasteiger partial charge is 0.319 e. The molecule has 1 amide bonds. The van der Waals surface area contributed by atoms with E-state index in [1.807, 2.05) is 33.7 Å². The first-order chi connectivity index (χ1) is 15.0. The van der Waals surface area contributed by atoms with Crippen LogP contribution in [0.5, 0.6) is 0 Å². The van der Waals surface area contributed by atoms with Crippen molar-refractivity contribution in [3.63, 3.8) is 0 Å². The van der Waals surface area contributed by atoms with Crippen molar-refractivity contribution in [3.8, 4) is 0 Å². The summed E-state index contributed by atoms with van der Waals surface area (Å²) in [5, 5.41) is 3.57. The van der Waals surface area contributed by atoms with Gasteiger partial charge in [0.05, 0.1) is 11.0 Å². The van der Waals surface area contributed by atoms with Crippen molar-refractivity contribution < 1.29 is 4.79 Å². The van der Waals surface area contributed by atoms with Crippen LogP contribution in [0.15, 0.2) is 91.0 Å². The second kappa shape index (κ2) is 9.08. The van der Waals surface area contributed by atoms with Crippen molar-refractivity contribution in [2.45, 2.75) is 39.8 Å². The Hall–Kier alpha value is -2.90. The Balaban J connectivity index is 2.00. The normalized spacial score (nSPS) is 11.6. The van der Waals surface area contributed by atoms with Gasteiger partial charge in [0, 0.05) is 25.4 Å². The van der Waals surface area contributed by atoms with E-state index in [2.05, 4.69) is 94.4 Å². The van der Waals surface area contributed by atoms with Gasteiger partial charge in [0.1, 0.15) is 0 Å². The first-order valence-corrected chi connectivity index (χ1v) is 12.2. The van der Waals surface area contributed by atoms with Gasteiger partial charge < -0.3 is 4.90 Å². The van der Waals surface area contributed by atoms with Gasteiger partial charge in [0.15, 0.2) is 0 Å². The molecule has 0 bridgehead atoms. The predicted molar refractivity (Wildman–Crippen MR) is 134 cm³/mol. The van der Waals surface area contributed by atoms with E-state index in [-0.39, 0.29) is 18.1 Å². The van der Waals surface area contributed by atoms with Crippen LogP contribution in [0.3, 0.4) is 0 Å². The molecule has 0 aliphatic heterocycles. The van der Waals surface area contributed by atoms with Crippen LogP contribution in [0.25, 0.3) is 10.9 Å². The van der Waals surface area contributed by atoms with Crippen molar-refractivity contribution >= 4 is 40.9 Å². The van der Waals surface area contributed by atoms with Crippen molar-refractivity contribution in [2.24, 2.45) is 0 Å². The Kier molecular flexibility index (Phi) is 6.25. The Morgan fingerprint density at radius 3 is 1.74 bits per heavy atom. The summed E-state index contributed by atoms with van der Waals surface area (Å²) < 4.78 is 1.96. The summed E-state index contributed by atoms with van der Waals surface area (Å²) in [6.45, 7) is 8.34. The summed E-state index contributed by atoms with van der Waals surface area (Å²) in [7, 11) is -0.894. The molecule has 1 aromatic heterocycles. The Morgan fingerprint density at radius 1 is 0.742 bits per heavy atom. The van der Waals surface area contributed by atoms with E-state index in [4.69, 9.17) is 0 Å². The van der Waals surface area contributed by atoms with Crippen molar-refractivity contribution in [1.29, 1.82) is 0 Å². The maximum Gasteiger partial charge on any atom is 0.329 e. The summed E-state index contributed by atoms with van der Waals surface area (Å²) in [6.07, 6.45) is 0. The van der Waals surface area contributed by atoms with E-state index in [0.717, 1.165) is 16.3 Å². The number of carbonyl (C=O) groups is 1. The average molecular weight is 429 g/mol. The zero-order chi connectivity index (χ0) is 22.0. The average Bonchev–Trinajstić information content (AvgIpc) is 3.14. The van der Waals surface area contributed by atoms with Gasteiger partial charge in [-0.05, 0) is 50.4 Å². The fourth-order valence-corrected chi connectivity index (χ4v) is 6.66. The number of rotatable bonds is 5. The summed E-state index contributed by atoms with van der Waals surface area (Å²) in [5.74, 6) is 0. The minimum atomic E-state index is -0.894. The van der Waals surface area contributed by atoms with Gasteiger partial charge in [0.25, 0.3) is 0 Å². The molecule has 31 heavy (non-hydrogen) atoms. The van der Waals surface area contributed by atoms with Crippen molar-refractivity contribution in [1.82, 2.24) is 9.47 Å². The molecule has 3 aromatic carbocycles. The van der Waals surface area contributed by atoms with Crippen LogP contribution in [-0.4, -0.2) is 27.6 Å². The number of amides is 1. The van der Waals surface area contributed by atoms with Gasteiger partial charge in [-0.1, -0.05) is 78.9 Å². The molecule has 0 aliphatic rings. The number of fused-ring (bicyclic) bond motifs is 1. The lowest BCUT2D eigenvalue weighted by Gasteiger charge is -2.32. The van der Waals surface area contributed by atoms with E-state index in [1.165, 1.54) is 10.6 Å².